The van der Waals surface area contributed by atoms with E-state index < -0.39 is 48.6 Å². The molecule has 0 spiro atoms. The summed E-state index contributed by atoms with van der Waals surface area (Å²) >= 11 is 0. The number of amides is 2. The van der Waals surface area contributed by atoms with Crippen LogP contribution in [0.25, 0.3) is 11.1 Å². The number of methoxy groups -OCH3 is 1. The van der Waals surface area contributed by atoms with Gasteiger partial charge in [-0.1, -0.05) is 0 Å². The van der Waals surface area contributed by atoms with Crippen molar-refractivity contribution in [3.05, 3.63) is 30.3 Å². The topological polar surface area (TPSA) is 112 Å². The van der Waals surface area contributed by atoms with E-state index in [1.807, 2.05) is 16.8 Å². The summed E-state index contributed by atoms with van der Waals surface area (Å²) in [7, 11) is 3.59. The number of alkyl halides is 3. The maximum Gasteiger partial charge on any atom is 0.393 e. The van der Waals surface area contributed by atoms with Gasteiger partial charge in [0.05, 0.1) is 43.0 Å². The molecule has 3 aliphatic rings. The Labute approximate surface area is 252 Å². The van der Waals surface area contributed by atoms with Gasteiger partial charge in [0.1, 0.15) is 5.82 Å². The second-order valence-corrected chi connectivity index (χ2v) is 11.3. The largest absolute Gasteiger partial charge is 0.393 e. The molecule has 240 valence electrons. The summed E-state index contributed by atoms with van der Waals surface area (Å²) in [5.74, 6) is -5.46. The number of hydrogen-bond acceptors (Lipinski definition) is 9. The number of halogens is 4. The van der Waals surface area contributed by atoms with E-state index in [9.17, 15) is 22.8 Å². The Morgan fingerprint density at radius 1 is 1.18 bits per heavy atom. The number of carbonyl (C=O) groups excluding carboxylic acids is 2. The molecule has 2 N–H and O–H groups in total. The number of likely N-dealkylation sites (N-methyl/N-ethyl adjacent to an activating group) is 1. The zero-order valence-electron chi connectivity index (χ0n) is 24.7. The molecule has 0 saturated carbocycles. The molecule has 1 aromatic heterocycles. The molecule has 2 amide bonds. The quantitative estimate of drug-likeness (QED) is 0.407. The van der Waals surface area contributed by atoms with Crippen molar-refractivity contribution in [2.45, 2.75) is 25.1 Å². The average molecular weight is 624 g/mol. The highest BCUT2D eigenvalue weighted by molar-refractivity contribution is 5.98. The lowest BCUT2D eigenvalue weighted by Crippen LogP contribution is -2.50. The highest BCUT2D eigenvalue weighted by Gasteiger charge is 2.50. The number of morpholine rings is 1. The van der Waals surface area contributed by atoms with Crippen molar-refractivity contribution in [3.63, 3.8) is 0 Å². The summed E-state index contributed by atoms with van der Waals surface area (Å²) in [5.41, 5.74) is 0.964. The summed E-state index contributed by atoms with van der Waals surface area (Å²) in [6.07, 6.45) is -1.86. The zero-order valence-corrected chi connectivity index (χ0v) is 24.7. The van der Waals surface area contributed by atoms with Crippen LogP contribution in [0.4, 0.5) is 34.9 Å². The first-order chi connectivity index (χ1) is 21.0. The van der Waals surface area contributed by atoms with Gasteiger partial charge in [0.15, 0.2) is 0 Å². The van der Waals surface area contributed by atoms with E-state index in [1.165, 1.54) is 24.5 Å². The number of rotatable bonds is 9. The van der Waals surface area contributed by atoms with Crippen molar-refractivity contribution >= 4 is 29.1 Å². The number of benzene rings is 1. The number of nitrogens with one attached hydrogen (secondary N) is 2. The molecule has 0 aliphatic carbocycles. The minimum absolute atomic E-state index is 0.0925. The molecular formula is C29H37F4N7O4. The van der Waals surface area contributed by atoms with E-state index in [2.05, 4.69) is 25.5 Å². The van der Waals surface area contributed by atoms with E-state index in [4.69, 9.17) is 9.47 Å². The van der Waals surface area contributed by atoms with Crippen molar-refractivity contribution in [2.24, 2.45) is 11.8 Å². The molecular weight excluding hydrogens is 586 g/mol. The molecule has 15 heteroatoms. The molecule has 3 saturated heterocycles. The van der Waals surface area contributed by atoms with Crippen LogP contribution in [0.15, 0.2) is 24.5 Å². The van der Waals surface area contributed by atoms with Crippen LogP contribution in [0.2, 0.25) is 0 Å². The minimum atomic E-state index is -4.74. The van der Waals surface area contributed by atoms with Crippen LogP contribution >= 0.6 is 0 Å². The van der Waals surface area contributed by atoms with Gasteiger partial charge in [0.25, 0.3) is 0 Å². The van der Waals surface area contributed by atoms with Gasteiger partial charge in [0, 0.05) is 82.4 Å². The Bertz CT molecular complexity index is 1320. The molecule has 3 fully saturated rings. The fourth-order valence-corrected chi connectivity index (χ4v) is 5.90. The van der Waals surface area contributed by atoms with Gasteiger partial charge in [-0.3, -0.25) is 14.5 Å². The predicted molar refractivity (Wildman–Crippen MR) is 155 cm³/mol. The highest BCUT2D eigenvalue weighted by Crippen LogP contribution is 2.39. The maximum absolute atomic E-state index is 15.8. The molecule has 2 unspecified atom stereocenters. The molecule has 1 aromatic carbocycles. The second kappa shape index (κ2) is 13.6. The summed E-state index contributed by atoms with van der Waals surface area (Å²) in [6, 6.07) is 2.84. The van der Waals surface area contributed by atoms with E-state index >= 15 is 4.39 Å². The van der Waals surface area contributed by atoms with Crippen LogP contribution in [0.5, 0.6) is 0 Å². The Morgan fingerprint density at radius 2 is 1.91 bits per heavy atom. The third-order valence-corrected chi connectivity index (χ3v) is 8.53. The van der Waals surface area contributed by atoms with Crippen LogP contribution in [-0.2, 0) is 19.1 Å². The standard InChI is InChI=1S/C29H37F4N7O4/c1-38(5-8-43-2)19-3-4-40(17-19)25-13-23(30)20(18-14-35-28(36-15-18)39-6-9-44-10-7-39)11-24(25)37-27(42)21-16-34-26(41)12-22(21)29(31,32)33/h11,13-15,19,21-22H,3-10,12,16-17H2,1-2H3,(H,34,41)(H,37,42)/t19-,21?,22?/m1/s1. The maximum atomic E-state index is 15.8. The van der Waals surface area contributed by atoms with Crippen LogP contribution in [0.1, 0.15) is 12.8 Å². The van der Waals surface area contributed by atoms with Gasteiger partial charge in [-0.2, -0.15) is 13.2 Å². The zero-order chi connectivity index (χ0) is 31.4. The number of nitrogens with zero attached hydrogens (tertiary/aromatic N) is 5. The van der Waals surface area contributed by atoms with Gasteiger partial charge in [-0.25, -0.2) is 14.4 Å². The predicted octanol–water partition coefficient (Wildman–Crippen LogP) is 2.53. The third-order valence-electron chi connectivity index (χ3n) is 8.53. The average Bonchev–Trinajstić information content (AvgIpc) is 3.51. The molecule has 0 bridgehead atoms. The molecule has 44 heavy (non-hydrogen) atoms. The van der Waals surface area contributed by atoms with Gasteiger partial charge >= 0.3 is 6.18 Å². The lowest BCUT2D eigenvalue weighted by atomic mass is 9.84. The first kappa shape index (κ1) is 31.9. The molecule has 4 heterocycles. The van der Waals surface area contributed by atoms with Crippen molar-refractivity contribution in [3.8, 4) is 11.1 Å². The van der Waals surface area contributed by atoms with Crippen LogP contribution in [0, 0.1) is 17.7 Å². The van der Waals surface area contributed by atoms with Crippen molar-refractivity contribution in [2.75, 3.05) is 88.4 Å². The molecule has 5 rings (SSSR count). The van der Waals surface area contributed by atoms with Crippen molar-refractivity contribution in [1.29, 1.82) is 0 Å². The number of hydrogen-bond donors (Lipinski definition) is 2. The Balaban J connectivity index is 1.45. The van der Waals surface area contributed by atoms with Gasteiger partial charge in [-0.15, -0.1) is 0 Å². The number of anilines is 3. The summed E-state index contributed by atoms with van der Waals surface area (Å²) in [6.45, 7) is 4.18. The van der Waals surface area contributed by atoms with Crippen LogP contribution in [0.3, 0.4) is 0 Å². The van der Waals surface area contributed by atoms with Crippen LogP contribution < -0.4 is 20.4 Å². The smallest absolute Gasteiger partial charge is 0.383 e. The van der Waals surface area contributed by atoms with Gasteiger partial charge < -0.3 is 29.9 Å². The fraction of sp³-hybridized carbons (Fsp3) is 0.586. The Hall–Kier alpha value is -3.56. The number of ether oxygens (including phenoxy) is 2. The van der Waals surface area contributed by atoms with Gasteiger partial charge in [-0.05, 0) is 25.6 Å². The van der Waals surface area contributed by atoms with Gasteiger partial charge in [0.2, 0.25) is 17.8 Å². The van der Waals surface area contributed by atoms with E-state index in [0.717, 1.165) is 6.42 Å². The number of carbonyl (C=O) groups is 2. The molecule has 3 aliphatic heterocycles. The van der Waals surface area contributed by atoms with E-state index in [-0.39, 0.29) is 17.3 Å². The first-order valence-corrected chi connectivity index (χ1v) is 14.6. The Morgan fingerprint density at radius 3 is 2.59 bits per heavy atom. The lowest BCUT2D eigenvalue weighted by Gasteiger charge is -2.32. The summed E-state index contributed by atoms with van der Waals surface area (Å²) in [4.78, 5) is 40.0. The highest BCUT2D eigenvalue weighted by atomic mass is 19.4. The monoisotopic (exact) mass is 623 g/mol. The SMILES string of the molecule is COCCN(C)[C@@H]1CCN(c2cc(F)c(-c3cnc(N4CCOCC4)nc3)cc2NC(=O)C2CNC(=O)CC2C(F)(F)F)C1. The number of aromatic nitrogens is 2. The molecule has 11 nitrogen and oxygen atoms in total. The minimum Gasteiger partial charge on any atom is -0.383 e. The molecule has 0 radical (unpaired) electrons. The normalized spacial score (nSPS) is 22.8. The molecule has 3 atom stereocenters. The van der Waals surface area contributed by atoms with Crippen LogP contribution in [-0.4, -0.2) is 112 Å². The van der Waals surface area contributed by atoms with E-state index in [0.29, 0.717) is 69.7 Å². The summed E-state index contributed by atoms with van der Waals surface area (Å²) < 4.78 is 67.8. The second-order valence-electron chi connectivity index (χ2n) is 11.3. The summed E-state index contributed by atoms with van der Waals surface area (Å²) in [5, 5.41) is 5.03. The fourth-order valence-electron chi connectivity index (χ4n) is 5.90. The first-order valence-electron chi connectivity index (χ1n) is 14.6. The molecule has 2 aromatic rings. The Kier molecular flexibility index (Phi) is 9.85. The van der Waals surface area contributed by atoms with Crippen molar-refractivity contribution in [1.82, 2.24) is 20.2 Å². The van der Waals surface area contributed by atoms with Crippen molar-refractivity contribution < 1.29 is 36.6 Å². The number of piperidine rings is 1. The lowest BCUT2D eigenvalue weighted by molar-refractivity contribution is -0.197. The van der Waals surface area contributed by atoms with E-state index in [1.54, 1.807) is 7.11 Å². The third kappa shape index (κ3) is 7.21.